The third-order valence-electron chi connectivity index (χ3n) is 6.43. The fraction of sp³-hybridized carbons (Fsp3) is 0.600. The van der Waals surface area contributed by atoms with E-state index in [2.05, 4.69) is 24.3 Å². The molecule has 4 rings (SSSR count). The van der Waals surface area contributed by atoms with Crippen LogP contribution in [0.4, 0.5) is 4.79 Å². The Hall–Kier alpha value is -2.08. The van der Waals surface area contributed by atoms with Crippen LogP contribution in [0, 0.1) is 0 Å². The van der Waals surface area contributed by atoms with Crippen molar-refractivity contribution in [1.29, 1.82) is 0 Å². The van der Waals surface area contributed by atoms with Gasteiger partial charge in [-0.2, -0.15) is 0 Å². The average molecular weight is 357 g/mol. The van der Waals surface area contributed by atoms with Gasteiger partial charge in [-0.15, -0.1) is 0 Å². The zero-order valence-electron chi connectivity index (χ0n) is 15.2. The number of nitrogens with zero attached hydrogens (tertiary/aromatic N) is 2. The highest BCUT2D eigenvalue weighted by Crippen LogP contribution is 2.52. The highest BCUT2D eigenvalue weighted by Gasteiger charge is 2.46. The number of nitrogens with two attached hydrogens (primary N) is 1. The molecule has 3 amide bonds. The van der Waals surface area contributed by atoms with Crippen LogP contribution >= 0.6 is 0 Å². The minimum absolute atomic E-state index is 0.0818. The summed E-state index contributed by atoms with van der Waals surface area (Å²) in [4.78, 5) is 27.9. The van der Waals surface area contributed by atoms with E-state index in [1.165, 1.54) is 11.1 Å². The van der Waals surface area contributed by atoms with Crippen molar-refractivity contribution in [1.82, 2.24) is 9.80 Å². The van der Waals surface area contributed by atoms with Crippen molar-refractivity contribution in [2.45, 2.75) is 37.0 Å². The maximum atomic E-state index is 12.8. The molecule has 140 valence electrons. The third-order valence-corrected chi connectivity index (χ3v) is 6.43. The maximum Gasteiger partial charge on any atom is 0.314 e. The molecule has 2 heterocycles. The molecule has 2 saturated heterocycles. The average Bonchev–Trinajstić information content (AvgIpc) is 2.96. The lowest BCUT2D eigenvalue weighted by molar-refractivity contribution is -0.135. The Labute approximate surface area is 154 Å². The van der Waals surface area contributed by atoms with E-state index in [-0.39, 0.29) is 23.3 Å². The number of morpholine rings is 1. The number of amides is 3. The molecule has 26 heavy (non-hydrogen) atoms. The van der Waals surface area contributed by atoms with Crippen LogP contribution in [0.5, 0.6) is 0 Å². The number of fused-ring (bicyclic) bond motifs is 2. The molecule has 0 radical (unpaired) electrons. The number of piperidine rings is 1. The lowest BCUT2D eigenvalue weighted by Gasteiger charge is -2.39. The highest BCUT2D eigenvalue weighted by atomic mass is 16.5. The number of carbonyl (C=O) groups is 2. The number of likely N-dealkylation sites (tertiary alicyclic amines) is 1. The van der Waals surface area contributed by atoms with Gasteiger partial charge in [0.2, 0.25) is 5.91 Å². The lowest BCUT2D eigenvalue weighted by atomic mass is 9.73. The number of primary amides is 1. The molecule has 1 atom stereocenters. The van der Waals surface area contributed by atoms with Gasteiger partial charge in [-0.3, -0.25) is 4.79 Å². The summed E-state index contributed by atoms with van der Waals surface area (Å²) >= 11 is 0. The molecule has 0 bridgehead atoms. The first-order valence-electron chi connectivity index (χ1n) is 9.58. The number of rotatable bonds is 2. The monoisotopic (exact) mass is 357 g/mol. The van der Waals surface area contributed by atoms with Crippen molar-refractivity contribution in [2.24, 2.45) is 5.73 Å². The number of benzene rings is 1. The van der Waals surface area contributed by atoms with Gasteiger partial charge in [0, 0.05) is 32.6 Å². The molecule has 1 unspecified atom stereocenters. The van der Waals surface area contributed by atoms with Gasteiger partial charge < -0.3 is 20.3 Å². The molecule has 0 saturated carbocycles. The minimum atomic E-state index is -0.329. The first-order chi connectivity index (χ1) is 12.6. The van der Waals surface area contributed by atoms with Crippen LogP contribution in [0.1, 0.15) is 42.7 Å². The molecule has 6 nitrogen and oxygen atoms in total. The Morgan fingerprint density at radius 2 is 1.77 bits per heavy atom. The Kier molecular flexibility index (Phi) is 4.61. The summed E-state index contributed by atoms with van der Waals surface area (Å²) in [6.07, 6.45) is 3.41. The molecule has 1 aromatic rings. The van der Waals surface area contributed by atoms with E-state index in [1.54, 1.807) is 4.90 Å². The van der Waals surface area contributed by atoms with Crippen LogP contribution in [-0.4, -0.2) is 61.1 Å². The highest BCUT2D eigenvalue weighted by molar-refractivity contribution is 5.77. The normalized spacial score (nSPS) is 24.5. The topological polar surface area (TPSA) is 75.9 Å². The second-order valence-corrected chi connectivity index (χ2v) is 7.79. The number of hydrogen-bond acceptors (Lipinski definition) is 3. The largest absolute Gasteiger partial charge is 0.378 e. The Morgan fingerprint density at radius 1 is 1.08 bits per heavy atom. The molecular weight excluding hydrogens is 330 g/mol. The molecule has 1 aliphatic carbocycles. The molecular formula is C20H27N3O3. The summed E-state index contributed by atoms with van der Waals surface area (Å²) in [5.41, 5.74) is 8.23. The van der Waals surface area contributed by atoms with Crippen LogP contribution in [0.3, 0.4) is 0 Å². The minimum Gasteiger partial charge on any atom is -0.378 e. The molecule has 3 aliphatic rings. The van der Waals surface area contributed by atoms with Crippen molar-refractivity contribution < 1.29 is 14.3 Å². The fourth-order valence-corrected chi connectivity index (χ4v) is 4.99. The number of ether oxygens (including phenoxy) is 1. The zero-order valence-corrected chi connectivity index (χ0v) is 15.2. The SMILES string of the molecule is NC(=O)N1CCC2(CC1)CC(CC(=O)N1CCOCC1)c1ccccc12. The number of hydrogen-bond donors (Lipinski definition) is 1. The van der Waals surface area contributed by atoms with Gasteiger partial charge in [-0.25, -0.2) is 4.79 Å². The Bertz CT molecular complexity index is 691. The van der Waals surface area contributed by atoms with E-state index in [0.29, 0.717) is 45.8 Å². The van der Waals surface area contributed by atoms with Crippen LogP contribution in [-0.2, 0) is 14.9 Å². The second kappa shape index (κ2) is 6.91. The van der Waals surface area contributed by atoms with Crippen molar-refractivity contribution in [3.8, 4) is 0 Å². The van der Waals surface area contributed by atoms with E-state index < -0.39 is 0 Å². The molecule has 0 aromatic heterocycles. The van der Waals surface area contributed by atoms with Gasteiger partial charge in [0.05, 0.1) is 13.2 Å². The van der Waals surface area contributed by atoms with Crippen LogP contribution in [0.2, 0.25) is 0 Å². The van der Waals surface area contributed by atoms with Gasteiger partial charge in [0.25, 0.3) is 0 Å². The zero-order chi connectivity index (χ0) is 18.1. The summed E-state index contributed by atoms with van der Waals surface area (Å²) in [7, 11) is 0. The van der Waals surface area contributed by atoms with Crippen LogP contribution in [0.15, 0.2) is 24.3 Å². The predicted molar refractivity (Wildman–Crippen MR) is 97.9 cm³/mol. The molecule has 2 aliphatic heterocycles. The Balaban J connectivity index is 1.51. The van der Waals surface area contributed by atoms with E-state index >= 15 is 0 Å². The molecule has 1 spiro atoms. The van der Waals surface area contributed by atoms with E-state index in [4.69, 9.17) is 10.5 Å². The van der Waals surface area contributed by atoms with Crippen molar-refractivity contribution in [3.05, 3.63) is 35.4 Å². The second-order valence-electron chi connectivity index (χ2n) is 7.79. The summed E-state index contributed by atoms with van der Waals surface area (Å²) in [6, 6.07) is 8.23. The van der Waals surface area contributed by atoms with Crippen molar-refractivity contribution in [3.63, 3.8) is 0 Å². The van der Waals surface area contributed by atoms with E-state index in [1.807, 2.05) is 4.90 Å². The van der Waals surface area contributed by atoms with Crippen molar-refractivity contribution in [2.75, 3.05) is 39.4 Å². The van der Waals surface area contributed by atoms with Crippen LogP contribution in [0.25, 0.3) is 0 Å². The first-order valence-corrected chi connectivity index (χ1v) is 9.58. The van der Waals surface area contributed by atoms with E-state index in [9.17, 15) is 9.59 Å². The van der Waals surface area contributed by atoms with Gasteiger partial charge in [-0.1, -0.05) is 24.3 Å². The molecule has 6 heteroatoms. The van der Waals surface area contributed by atoms with Crippen LogP contribution < -0.4 is 5.73 Å². The quantitative estimate of drug-likeness (QED) is 0.877. The van der Waals surface area contributed by atoms with Gasteiger partial charge in [-0.05, 0) is 41.7 Å². The predicted octanol–water partition coefficient (Wildman–Crippen LogP) is 1.84. The maximum absolute atomic E-state index is 12.8. The first kappa shape index (κ1) is 17.3. The lowest BCUT2D eigenvalue weighted by Crippen LogP contribution is -2.46. The molecule has 1 aromatic carbocycles. The number of urea groups is 1. The van der Waals surface area contributed by atoms with Crippen molar-refractivity contribution >= 4 is 11.9 Å². The Morgan fingerprint density at radius 3 is 2.46 bits per heavy atom. The van der Waals surface area contributed by atoms with Gasteiger partial charge >= 0.3 is 6.03 Å². The molecule has 2 fully saturated rings. The van der Waals surface area contributed by atoms with Gasteiger partial charge in [0.15, 0.2) is 0 Å². The summed E-state index contributed by atoms with van der Waals surface area (Å²) in [5.74, 6) is 0.501. The summed E-state index contributed by atoms with van der Waals surface area (Å²) in [5, 5.41) is 0. The van der Waals surface area contributed by atoms with Gasteiger partial charge in [0.1, 0.15) is 0 Å². The summed E-state index contributed by atoms with van der Waals surface area (Å²) < 4.78 is 5.36. The summed E-state index contributed by atoms with van der Waals surface area (Å²) in [6.45, 7) is 4.08. The number of carbonyl (C=O) groups excluding carboxylic acids is 2. The molecule has 2 N–H and O–H groups in total. The fourth-order valence-electron chi connectivity index (χ4n) is 4.99. The third kappa shape index (κ3) is 3.07. The smallest absolute Gasteiger partial charge is 0.314 e. The standard InChI is InChI=1S/C20H27N3O3/c21-19(25)23-7-5-20(6-8-23)14-15(16-3-1-2-4-17(16)20)13-18(24)22-9-11-26-12-10-22/h1-4,15H,5-14H2,(H2,21,25). The van der Waals surface area contributed by atoms with E-state index in [0.717, 1.165) is 19.3 Å².